The van der Waals surface area contributed by atoms with Crippen molar-refractivity contribution in [2.45, 2.75) is 45.1 Å². The Morgan fingerprint density at radius 3 is 2.53 bits per heavy atom. The van der Waals surface area contributed by atoms with E-state index >= 15 is 0 Å². The van der Waals surface area contributed by atoms with Crippen LogP contribution >= 0.6 is 0 Å². The normalized spacial score (nSPS) is 25.3. The highest BCUT2D eigenvalue weighted by atomic mass is 16.5. The zero-order valence-corrected chi connectivity index (χ0v) is 18.2. The van der Waals surface area contributed by atoms with Crippen LogP contribution in [0.4, 0.5) is 5.69 Å². The Morgan fingerprint density at radius 1 is 1.07 bits per heavy atom. The number of rotatable bonds is 4. The third-order valence-corrected chi connectivity index (χ3v) is 6.51. The maximum Gasteiger partial charge on any atom is 0.242 e. The van der Waals surface area contributed by atoms with Gasteiger partial charge in [0.25, 0.3) is 0 Å². The first-order chi connectivity index (χ1) is 14.3. The Balaban J connectivity index is 1.68. The van der Waals surface area contributed by atoms with Crippen molar-refractivity contribution in [2.75, 3.05) is 31.3 Å². The van der Waals surface area contributed by atoms with Crippen LogP contribution in [0.5, 0.6) is 11.5 Å². The Labute approximate surface area is 177 Å². The minimum Gasteiger partial charge on any atom is -0.494 e. The fourth-order valence-corrected chi connectivity index (χ4v) is 5.30. The maximum atomic E-state index is 14.2. The first kappa shape index (κ1) is 19.4. The number of nitrogens with zero attached hydrogens (tertiary/aromatic N) is 1. The molecule has 3 aliphatic heterocycles. The van der Waals surface area contributed by atoms with E-state index in [1.807, 2.05) is 42.2 Å². The molecule has 2 aromatic rings. The molecule has 5 heteroatoms. The van der Waals surface area contributed by atoms with Crippen molar-refractivity contribution in [1.29, 1.82) is 0 Å². The topological polar surface area (TPSA) is 48.0 Å². The van der Waals surface area contributed by atoms with Gasteiger partial charge in [0.05, 0.1) is 19.8 Å². The van der Waals surface area contributed by atoms with Gasteiger partial charge in [0.2, 0.25) is 5.91 Å². The minimum absolute atomic E-state index is 0.00333. The van der Waals surface area contributed by atoms with Gasteiger partial charge in [-0.15, -0.1) is 0 Å². The Hall–Kier alpha value is -2.53. The minimum atomic E-state index is -0.751. The van der Waals surface area contributed by atoms with Crippen LogP contribution in [0.15, 0.2) is 42.5 Å². The van der Waals surface area contributed by atoms with Crippen molar-refractivity contribution in [3.63, 3.8) is 0 Å². The fraction of sp³-hybridized carbons (Fsp3) is 0.480. The number of ether oxygens (including phenoxy) is 3. The summed E-state index contributed by atoms with van der Waals surface area (Å²) >= 11 is 0. The van der Waals surface area contributed by atoms with E-state index in [4.69, 9.17) is 14.2 Å². The van der Waals surface area contributed by atoms with Gasteiger partial charge in [0, 0.05) is 35.7 Å². The largest absolute Gasteiger partial charge is 0.494 e. The molecule has 0 radical (unpaired) electrons. The highest BCUT2D eigenvalue weighted by Gasteiger charge is 2.59. The lowest BCUT2D eigenvalue weighted by molar-refractivity contribution is -0.127. The number of hydrogen-bond donors (Lipinski definition) is 0. The van der Waals surface area contributed by atoms with Crippen molar-refractivity contribution in [1.82, 2.24) is 0 Å². The summed E-state index contributed by atoms with van der Waals surface area (Å²) in [5.74, 6) is 1.64. The summed E-state index contributed by atoms with van der Waals surface area (Å²) in [5, 5.41) is 0. The van der Waals surface area contributed by atoms with Gasteiger partial charge in [0.15, 0.2) is 0 Å². The molecule has 3 aliphatic rings. The average Bonchev–Trinajstić information content (AvgIpc) is 2.89. The standard InChI is InChI=1S/C25H29NO4/c1-5-29-17-10-11-19-21(12-17)30-23(2,3)13-25(19)18-8-6-7-9-20(18)26(22(25)27)14-24(4)15-28-16-24/h6-12H,5,13-16H2,1-4H3. The molecule has 2 aromatic carbocycles. The summed E-state index contributed by atoms with van der Waals surface area (Å²) in [4.78, 5) is 16.2. The van der Waals surface area contributed by atoms with Crippen LogP contribution in [-0.2, 0) is 14.9 Å². The molecule has 1 unspecified atom stereocenters. The third-order valence-electron chi connectivity index (χ3n) is 6.51. The van der Waals surface area contributed by atoms with Crippen molar-refractivity contribution < 1.29 is 19.0 Å². The second-order valence-corrected chi connectivity index (χ2v) is 9.75. The van der Waals surface area contributed by atoms with Gasteiger partial charge in [-0.25, -0.2) is 0 Å². The van der Waals surface area contributed by atoms with E-state index in [0.717, 1.165) is 28.3 Å². The summed E-state index contributed by atoms with van der Waals surface area (Å²) in [6.07, 6.45) is 0.598. The highest BCUT2D eigenvalue weighted by molar-refractivity contribution is 6.11. The van der Waals surface area contributed by atoms with Crippen LogP contribution < -0.4 is 14.4 Å². The van der Waals surface area contributed by atoms with Crippen LogP contribution in [-0.4, -0.2) is 37.9 Å². The number of amides is 1. The van der Waals surface area contributed by atoms with Crippen LogP contribution in [0, 0.1) is 5.41 Å². The van der Waals surface area contributed by atoms with Crippen molar-refractivity contribution in [2.24, 2.45) is 5.41 Å². The second kappa shape index (κ2) is 6.48. The van der Waals surface area contributed by atoms with Crippen LogP contribution in [0.2, 0.25) is 0 Å². The molecule has 1 spiro atoms. The van der Waals surface area contributed by atoms with Gasteiger partial charge in [0.1, 0.15) is 22.5 Å². The predicted molar refractivity (Wildman–Crippen MR) is 115 cm³/mol. The van der Waals surface area contributed by atoms with Crippen LogP contribution in [0.1, 0.15) is 45.2 Å². The van der Waals surface area contributed by atoms with E-state index in [1.54, 1.807) is 0 Å². The number of benzene rings is 2. The van der Waals surface area contributed by atoms with Crippen LogP contribution in [0.25, 0.3) is 0 Å². The average molecular weight is 408 g/mol. The Kier molecular flexibility index (Phi) is 4.20. The zero-order valence-electron chi connectivity index (χ0n) is 18.2. The molecule has 158 valence electrons. The summed E-state index contributed by atoms with van der Waals surface area (Å²) < 4.78 is 17.5. The highest BCUT2D eigenvalue weighted by Crippen LogP contribution is 2.56. The number of hydrogen-bond acceptors (Lipinski definition) is 4. The lowest BCUT2D eigenvalue weighted by Gasteiger charge is -2.44. The van der Waals surface area contributed by atoms with E-state index in [1.165, 1.54) is 0 Å². The summed E-state index contributed by atoms with van der Waals surface area (Å²) in [5.41, 5.74) is 1.77. The predicted octanol–water partition coefficient (Wildman–Crippen LogP) is 4.32. The molecule has 0 saturated carbocycles. The van der Waals surface area contributed by atoms with Crippen molar-refractivity contribution in [3.05, 3.63) is 53.6 Å². The van der Waals surface area contributed by atoms with E-state index < -0.39 is 11.0 Å². The fourth-order valence-electron chi connectivity index (χ4n) is 5.30. The van der Waals surface area contributed by atoms with E-state index in [9.17, 15) is 4.79 Å². The van der Waals surface area contributed by atoms with Gasteiger partial charge < -0.3 is 19.1 Å². The number of carbonyl (C=O) groups excluding carboxylic acids is 1. The summed E-state index contributed by atoms with van der Waals surface area (Å²) in [7, 11) is 0. The lowest BCUT2D eigenvalue weighted by Crippen LogP contribution is -2.54. The number of fused-ring (bicyclic) bond motifs is 4. The second-order valence-electron chi connectivity index (χ2n) is 9.75. The van der Waals surface area contributed by atoms with Gasteiger partial charge in [-0.1, -0.05) is 31.2 Å². The number of carbonyl (C=O) groups is 1. The molecular formula is C25H29NO4. The van der Waals surface area contributed by atoms with E-state index in [2.05, 4.69) is 32.9 Å². The Morgan fingerprint density at radius 2 is 1.83 bits per heavy atom. The molecule has 0 N–H and O–H groups in total. The molecule has 3 heterocycles. The van der Waals surface area contributed by atoms with Gasteiger partial charge in [-0.05, 0) is 38.5 Å². The molecule has 1 saturated heterocycles. The molecule has 1 fully saturated rings. The molecule has 0 aliphatic carbocycles. The van der Waals surface area contributed by atoms with Gasteiger partial charge in [-0.3, -0.25) is 4.79 Å². The molecule has 5 nitrogen and oxygen atoms in total. The first-order valence-electron chi connectivity index (χ1n) is 10.7. The first-order valence-corrected chi connectivity index (χ1v) is 10.7. The van der Waals surface area contributed by atoms with Crippen LogP contribution in [0.3, 0.4) is 0 Å². The van der Waals surface area contributed by atoms with Crippen molar-refractivity contribution >= 4 is 11.6 Å². The summed E-state index contributed by atoms with van der Waals surface area (Å²) in [6.45, 7) is 10.9. The molecule has 30 heavy (non-hydrogen) atoms. The SMILES string of the molecule is CCOc1ccc2c(c1)OC(C)(C)CC21C(=O)N(CC2(C)COC2)c2ccccc21. The molecule has 1 amide bonds. The third kappa shape index (κ3) is 2.75. The molecular weight excluding hydrogens is 378 g/mol. The lowest BCUT2D eigenvalue weighted by atomic mass is 9.67. The van der Waals surface area contributed by atoms with Gasteiger partial charge >= 0.3 is 0 Å². The summed E-state index contributed by atoms with van der Waals surface area (Å²) in [6, 6.07) is 14.1. The molecule has 0 aromatic heterocycles. The molecule has 1 atom stereocenters. The maximum absolute atomic E-state index is 14.2. The molecule has 0 bridgehead atoms. The number of anilines is 1. The number of para-hydroxylation sites is 1. The van der Waals surface area contributed by atoms with Gasteiger partial charge in [-0.2, -0.15) is 0 Å². The van der Waals surface area contributed by atoms with E-state index in [-0.39, 0.29) is 11.3 Å². The quantitative estimate of drug-likeness (QED) is 0.758. The zero-order chi connectivity index (χ0) is 21.1. The smallest absolute Gasteiger partial charge is 0.242 e. The van der Waals surface area contributed by atoms with E-state index in [0.29, 0.717) is 32.8 Å². The van der Waals surface area contributed by atoms with Crippen molar-refractivity contribution in [3.8, 4) is 11.5 Å². The monoisotopic (exact) mass is 407 g/mol. The molecule has 5 rings (SSSR count). The Bertz CT molecular complexity index is 1010.